The molecule has 0 radical (unpaired) electrons. The summed E-state index contributed by atoms with van der Waals surface area (Å²) >= 11 is 6.30. The van der Waals surface area contributed by atoms with Gasteiger partial charge in [0.1, 0.15) is 12.4 Å². The SMILES string of the molecule is CN(C)C(=O)CN=C(NCCc1ccccc1)NC1CCN(c2ncccc2Cl)C1.I. The number of nitrogens with zero attached hydrogens (tertiary/aromatic N) is 4. The van der Waals surface area contributed by atoms with Gasteiger partial charge in [0.05, 0.1) is 5.02 Å². The quantitative estimate of drug-likeness (QED) is 0.312. The minimum absolute atomic E-state index is 0. The van der Waals surface area contributed by atoms with E-state index < -0.39 is 0 Å². The zero-order chi connectivity index (χ0) is 21.3. The molecule has 1 fully saturated rings. The Morgan fingerprint density at radius 3 is 2.74 bits per heavy atom. The van der Waals surface area contributed by atoms with Gasteiger partial charge in [-0.1, -0.05) is 41.9 Å². The lowest BCUT2D eigenvalue weighted by atomic mass is 10.1. The highest BCUT2D eigenvalue weighted by atomic mass is 127. The van der Waals surface area contributed by atoms with Gasteiger partial charge in [0.2, 0.25) is 5.91 Å². The van der Waals surface area contributed by atoms with Gasteiger partial charge >= 0.3 is 0 Å². The third kappa shape index (κ3) is 7.84. The number of nitrogens with one attached hydrogen (secondary N) is 2. The van der Waals surface area contributed by atoms with Crippen LogP contribution in [-0.2, 0) is 11.2 Å². The molecular weight excluding hydrogens is 527 g/mol. The molecule has 0 spiro atoms. The van der Waals surface area contributed by atoms with Gasteiger partial charge in [-0.25, -0.2) is 9.98 Å². The second-order valence-corrected chi connectivity index (χ2v) is 7.91. The lowest BCUT2D eigenvalue weighted by molar-refractivity contribution is -0.127. The molecule has 1 aliphatic heterocycles. The fourth-order valence-corrected chi connectivity index (χ4v) is 3.53. The zero-order valence-corrected chi connectivity index (χ0v) is 21.0. The molecule has 2 aromatic rings. The van der Waals surface area contributed by atoms with Crippen molar-refractivity contribution in [3.63, 3.8) is 0 Å². The van der Waals surface area contributed by atoms with Crippen LogP contribution in [0.4, 0.5) is 5.82 Å². The normalized spacial score (nSPS) is 15.9. The number of likely N-dealkylation sites (N-methyl/N-ethyl adjacent to an activating group) is 1. The van der Waals surface area contributed by atoms with Crippen LogP contribution in [0.1, 0.15) is 12.0 Å². The summed E-state index contributed by atoms with van der Waals surface area (Å²) in [6.07, 6.45) is 3.57. The second-order valence-electron chi connectivity index (χ2n) is 7.50. The number of carbonyl (C=O) groups excluding carboxylic acids is 1. The van der Waals surface area contributed by atoms with Crippen LogP contribution < -0.4 is 15.5 Å². The molecule has 1 amide bonds. The number of benzene rings is 1. The highest BCUT2D eigenvalue weighted by Crippen LogP contribution is 2.25. The van der Waals surface area contributed by atoms with E-state index in [1.54, 1.807) is 25.2 Å². The molecule has 1 aromatic heterocycles. The van der Waals surface area contributed by atoms with Crippen molar-refractivity contribution in [2.75, 3.05) is 45.2 Å². The summed E-state index contributed by atoms with van der Waals surface area (Å²) in [5, 5.41) is 7.49. The largest absolute Gasteiger partial charge is 0.356 e. The van der Waals surface area contributed by atoms with Crippen LogP contribution in [0.3, 0.4) is 0 Å². The summed E-state index contributed by atoms with van der Waals surface area (Å²) in [5.74, 6) is 1.43. The molecule has 0 aliphatic carbocycles. The van der Waals surface area contributed by atoms with Gasteiger partial charge in [0.25, 0.3) is 0 Å². The average molecular weight is 557 g/mol. The van der Waals surface area contributed by atoms with Crippen LogP contribution in [0, 0.1) is 0 Å². The van der Waals surface area contributed by atoms with E-state index in [1.165, 1.54) is 5.56 Å². The van der Waals surface area contributed by atoms with Crippen molar-refractivity contribution in [1.29, 1.82) is 0 Å². The van der Waals surface area contributed by atoms with E-state index >= 15 is 0 Å². The Hall–Kier alpha value is -2.07. The maximum atomic E-state index is 12.0. The average Bonchev–Trinajstić information content (AvgIpc) is 3.21. The zero-order valence-electron chi connectivity index (χ0n) is 17.9. The Morgan fingerprint density at radius 1 is 1.26 bits per heavy atom. The molecule has 2 heterocycles. The lowest BCUT2D eigenvalue weighted by Crippen LogP contribution is -2.45. The number of aromatic nitrogens is 1. The molecule has 1 atom stereocenters. The molecule has 0 saturated carbocycles. The minimum atomic E-state index is -0.0347. The van der Waals surface area contributed by atoms with E-state index in [2.05, 4.69) is 37.6 Å². The number of guanidine groups is 1. The molecule has 168 valence electrons. The molecule has 1 unspecified atom stereocenters. The number of amides is 1. The molecule has 0 bridgehead atoms. The van der Waals surface area contributed by atoms with Gasteiger partial charge in [-0.2, -0.15) is 0 Å². The lowest BCUT2D eigenvalue weighted by Gasteiger charge is -2.20. The molecule has 31 heavy (non-hydrogen) atoms. The number of hydrogen-bond acceptors (Lipinski definition) is 4. The van der Waals surface area contributed by atoms with Crippen molar-refractivity contribution in [2.45, 2.75) is 18.9 Å². The van der Waals surface area contributed by atoms with Crippen molar-refractivity contribution < 1.29 is 4.79 Å². The van der Waals surface area contributed by atoms with E-state index in [9.17, 15) is 4.79 Å². The maximum absolute atomic E-state index is 12.0. The molecule has 7 nitrogen and oxygen atoms in total. The van der Waals surface area contributed by atoms with Crippen LogP contribution in [-0.4, -0.2) is 68.1 Å². The Labute approximate surface area is 206 Å². The first-order valence-electron chi connectivity index (χ1n) is 10.2. The van der Waals surface area contributed by atoms with Gasteiger partial charge in [-0.05, 0) is 30.5 Å². The van der Waals surface area contributed by atoms with E-state index in [0.717, 1.165) is 38.3 Å². The highest BCUT2D eigenvalue weighted by Gasteiger charge is 2.25. The number of aliphatic imine (C=N–C) groups is 1. The predicted octanol–water partition coefficient (Wildman–Crippen LogP) is 2.80. The third-order valence-corrected chi connectivity index (χ3v) is 5.28. The second kappa shape index (κ2) is 12.7. The fraction of sp³-hybridized carbons (Fsp3) is 0.409. The van der Waals surface area contributed by atoms with Gasteiger partial charge in [-0.15, -0.1) is 24.0 Å². The Kier molecular flexibility index (Phi) is 10.3. The highest BCUT2D eigenvalue weighted by molar-refractivity contribution is 14.0. The summed E-state index contributed by atoms with van der Waals surface area (Å²) in [6, 6.07) is 14.2. The summed E-state index contributed by atoms with van der Waals surface area (Å²) in [4.78, 5) is 24.6. The molecule has 1 saturated heterocycles. The first-order valence-corrected chi connectivity index (χ1v) is 10.5. The van der Waals surface area contributed by atoms with Gasteiger partial charge in [0, 0.05) is 46.0 Å². The first kappa shape index (κ1) is 25.2. The molecule has 1 aliphatic rings. The third-order valence-electron chi connectivity index (χ3n) is 4.99. The number of halogens is 2. The summed E-state index contributed by atoms with van der Waals surface area (Å²) in [5.41, 5.74) is 1.26. The fourth-order valence-electron chi connectivity index (χ4n) is 3.28. The van der Waals surface area contributed by atoms with Crippen LogP contribution >= 0.6 is 35.6 Å². The topological polar surface area (TPSA) is 72.9 Å². The van der Waals surface area contributed by atoms with Crippen molar-refractivity contribution in [3.8, 4) is 0 Å². The van der Waals surface area contributed by atoms with Crippen LogP contribution in [0.5, 0.6) is 0 Å². The summed E-state index contributed by atoms with van der Waals surface area (Å²) in [6.45, 7) is 2.48. The Balaban J connectivity index is 0.00000341. The van der Waals surface area contributed by atoms with Gasteiger partial charge in [0.15, 0.2) is 5.96 Å². The van der Waals surface area contributed by atoms with Gasteiger partial charge in [-0.3, -0.25) is 4.79 Å². The molecule has 9 heteroatoms. The van der Waals surface area contributed by atoms with Crippen molar-refractivity contribution in [2.24, 2.45) is 4.99 Å². The van der Waals surface area contributed by atoms with Crippen molar-refractivity contribution in [3.05, 3.63) is 59.2 Å². The summed E-state index contributed by atoms with van der Waals surface area (Å²) < 4.78 is 0. The number of carbonyl (C=O) groups is 1. The number of rotatable bonds is 7. The van der Waals surface area contributed by atoms with Crippen molar-refractivity contribution >= 4 is 53.3 Å². The predicted molar refractivity (Wildman–Crippen MR) is 138 cm³/mol. The van der Waals surface area contributed by atoms with E-state index in [4.69, 9.17) is 11.6 Å². The smallest absolute Gasteiger partial charge is 0.243 e. The standard InChI is InChI=1S/C22H29ClN6O.HI/c1-28(2)20(30)15-26-22(25-13-10-17-7-4-3-5-8-17)27-18-11-14-29(16-18)21-19(23)9-6-12-24-21;/h3-9,12,18H,10-11,13-16H2,1-2H3,(H2,25,26,27);1H. The number of pyridine rings is 1. The maximum Gasteiger partial charge on any atom is 0.243 e. The molecular formula is C22H30ClIN6O. The monoisotopic (exact) mass is 556 g/mol. The van der Waals surface area contributed by atoms with Crippen LogP contribution in [0.2, 0.25) is 5.02 Å². The van der Waals surface area contributed by atoms with E-state index in [1.807, 2.05) is 30.3 Å². The minimum Gasteiger partial charge on any atom is -0.356 e. The molecule has 2 N–H and O–H groups in total. The summed E-state index contributed by atoms with van der Waals surface area (Å²) in [7, 11) is 3.47. The van der Waals surface area contributed by atoms with E-state index in [0.29, 0.717) is 11.0 Å². The molecule has 3 rings (SSSR count). The Bertz CT molecular complexity index is 864. The number of anilines is 1. The molecule has 1 aromatic carbocycles. The van der Waals surface area contributed by atoms with Gasteiger partial charge < -0.3 is 20.4 Å². The Morgan fingerprint density at radius 2 is 2.03 bits per heavy atom. The van der Waals surface area contributed by atoms with Crippen molar-refractivity contribution in [1.82, 2.24) is 20.5 Å². The first-order chi connectivity index (χ1) is 14.5. The van der Waals surface area contributed by atoms with Crippen LogP contribution in [0.25, 0.3) is 0 Å². The number of hydrogen-bond donors (Lipinski definition) is 2. The van der Waals surface area contributed by atoms with Crippen LogP contribution in [0.15, 0.2) is 53.7 Å². The van der Waals surface area contributed by atoms with E-state index in [-0.39, 0.29) is 42.5 Å².